The summed E-state index contributed by atoms with van der Waals surface area (Å²) >= 11 is 0. The van der Waals surface area contributed by atoms with Gasteiger partial charge in [-0.1, -0.05) is 0 Å². The van der Waals surface area contributed by atoms with Gasteiger partial charge in [0.15, 0.2) is 47.4 Å². The van der Waals surface area contributed by atoms with Crippen molar-refractivity contribution in [3.05, 3.63) is 53.1 Å². The van der Waals surface area contributed by atoms with Crippen molar-refractivity contribution >= 4 is 5.78 Å². The molecule has 12 nitrogen and oxygen atoms in total. The van der Waals surface area contributed by atoms with Crippen LogP contribution in [0.2, 0.25) is 0 Å². The van der Waals surface area contributed by atoms with E-state index in [1.165, 1.54) is 38.5 Å². The van der Waals surface area contributed by atoms with Crippen LogP contribution in [-0.4, -0.2) is 69.5 Å². The van der Waals surface area contributed by atoms with E-state index in [0.717, 1.165) is 12.1 Å². The van der Waals surface area contributed by atoms with E-state index in [1.807, 2.05) is 0 Å². The Morgan fingerprint density at radius 2 is 1.42 bits per heavy atom. The molecule has 200 valence electrons. The Morgan fingerprint density at radius 3 is 2.05 bits per heavy atom. The first kappa shape index (κ1) is 25.1. The molecule has 5 rings (SSSR count). The lowest BCUT2D eigenvalue weighted by atomic mass is 9.92. The first-order valence-corrected chi connectivity index (χ1v) is 11.4. The zero-order chi connectivity index (χ0) is 27.3. The van der Waals surface area contributed by atoms with Crippen LogP contribution in [0.25, 0.3) is 0 Å². The second-order valence-corrected chi connectivity index (χ2v) is 8.70. The third kappa shape index (κ3) is 3.99. The number of ketones is 1. The molecule has 0 aromatic heterocycles. The predicted molar refractivity (Wildman–Crippen MR) is 128 cm³/mol. The molecule has 0 radical (unpaired) electrons. The fourth-order valence-electron chi connectivity index (χ4n) is 4.56. The minimum absolute atomic E-state index is 0.00788. The van der Waals surface area contributed by atoms with E-state index < -0.39 is 48.3 Å². The number of benzene rings is 3. The van der Waals surface area contributed by atoms with Gasteiger partial charge in [-0.25, -0.2) is 0 Å². The number of hydrogen-bond donors (Lipinski definition) is 6. The van der Waals surface area contributed by atoms with E-state index in [-0.39, 0.29) is 51.4 Å². The highest BCUT2D eigenvalue weighted by Crippen LogP contribution is 2.50. The first-order chi connectivity index (χ1) is 18.2. The van der Waals surface area contributed by atoms with Crippen LogP contribution in [0.1, 0.15) is 33.7 Å². The highest BCUT2D eigenvalue weighted by atomic mass is 16.6. The lowest BCUT2D eigenvalue weighted by molar-refractivity contribution is -0.0149. The molecule has 4 atom stereocenters. The fourth-order valence-corrected chi connectivity index (χ4v) is 4.56. The second-order valence-electron chi connectivity index (χ2n) is 8.70. The quantitative estimate of drug-likeness (QED) is 0.284. The van der Waals surface area contributed by atoms with Crippen molar-refractivity contribution in [1.82, 2.24) is 0 Å². The maximum Gasteiger partial charge on any atom is 0.203 e. The van der Waals surface area contributed by atoms with Crippen LogP contribution in [-0.2, 0) is 0 Å². The Hall–Kier alpha value is -4.55. The number of aromatic hydroxyl groups is 4. The summed E-state index contributed by atoms with van der Waals surface area (Å²) in [7, 11) is 2.71. The number of methoxy groups -OCH3 is 2. The normalized spacial score (nSPS) is 21.8. The topological polar surface area (TPSA) is 185 Å². The average molecular weight is 528 g/mol. The molecule has 0 fully saturated rings. The third-order valence-corrected chi connectivity index (χ3v) is 6.38. The van der Waals surface area contributed by atoms with Crippen LogP contribution in [0.5, 0.6) is 51.7 Å². The van der Waals surface area contributed by atoms with E-state index in [2.05, 4.69) is 0 Å². The summed E-state index contributed by atoms with van der Waals surface area (Å²) in [6.07, 6.45) is -5.03. The van der Waals surface area contributed by atoms with Gasteiger partial charge in [0.25, 0.3) is 0 Å². The fraction of sp³-hybridized carbons (Fsp3) is 0.269. The molecule has 0 aliphatic carbocycles. The van der Waals surface area contributed by atoms with Crippen LogP contribution >= 0.6 is 0 Å². The number of ether oxygens (including phenoxy) is 5. The molecule has 38 heavy (non-hydrogen) atoms. The molecule has 2 aliphatic rings. The Balaban J connectivity index is 1.55. The minimum atomic E-state index is -1.76. The van der Waals surface area contributed by atoms with Crippen LogP contribution in [0, 0.1) is 0 Å². The average Bonchev–Trinajstić information content (AvgIpc) is 2.89. The zero-order valence-corrected chi connectivity index (χ0v) is 20.1. The highest BCUT2D eigenvalue weighted by Gasteiger charge is 2.41. The van der Waals surface area contributed by atoms with Crippen molar-refractivity contribution in [3.8, 4) is 51.7 Å². The number of phenols is 4. The summed E-state index contributed by atoms with van der Waals surface area (Å²) in [6.45, 7) is -0.500. The van der Waals surface area contributed by atoms with Crippen LogP contribution in [0.4, 0.5) is 0 Å². The largest absolute Gasteiger partial charge is 0.508 e. The Labute approximate surface area is 215 Å². The van der Waals surface area contributed by atoms with E-state index >= 15 is 0 Å². The molecule has 3 aromatic carbocycles. The number of hydrogen-bond acceptors (Lipinski definition) is 12. The number of carbonyl (C=O) groups is 1. The predicted octanol–water partition coefficient (Wildman–Crippen LogP) is 2.08. The van der Waals surface area contributed by atoms with Gasteiger partial charge in [-0.2, -0.15) is 0 Å². The van der Waals surface area contributed by atoms with Crippen molar-refractivity contribution in [2.75, 3.05) is 20.8 Å². The number of phenolic OH excluding ortho intramolecular Hbond substituents is 4. The van der Waals surface area contributed by atoms with Gasteiger partial charge in [-0.15, -0.1) is 0 Å². The van der Waals surface area contributed by atoms with Gasteiger partial charge in [0.05, 0.1) is 20.8 Å². The molecule has 0 unspecified atom stereocenters. The molecule has 0 bridgehead atoms. The Bertz CT molecular complexity index is 1390. The molecule has 2 heterocycles. The molecule has 3 aromatic rings. The first-order valence-electron chi connectivity index (χ1n) is 11.4. The highest BCUT2D eigenvalue weighted by molar-refractivity contribution is 6.05. The van der Waals surface area contributed by atoms with Gasteiger partial charge in [-0.05, 0) is 24.3 Å². The summed E-state index contributed by atoms with van der Waals surface area (Å²) < 4.78 is 28.1. The lowest BCUT2D eigenvalue weighted by Gasteiger charge is -2.35. The van der Waals surface area contributed by atoms with Crippen LogP contribution < -0.4 is 23.7 Å². The zero-order valence-electron chi connectivity index (χ0n) is 20.1. The van der Waals surface area contributed by atoms with Crippen molar-refractivity contribution in [3.63, 3.8) is 0 Å². The lowest BCUT2D eigenvalue weighted by Crippen LogP contribution is -2.37. The molecular formula is C26H24O12. The minimum Gasteiger partial charge on any atom is -0.508 e. The smallest absolute Gasteiger partial charge is 0.203 e. The summed E-state index contributed by atoms with van der Waals surface area (Å²) in [5.74, 6) is -2.46. The van der Waals surface area contributed by atoms with Crippen molar-refractivity contribution in [2.24, 2.45) is 0 Å². The number of Topliss-reactive ketones (excluding diaryl/α,β-unsaturated/α-hetero) is 1. The maximum atomic E-state index is 12.8. The number of rotatable bonds is 5. The SMILES string of the molecule is COc1cc([C@@H]2Oc3cc([C@H]4Oc5cc(O)cc(O)c5C(=O)[C@@H]4O)cc(O)c3O[C@H]2CO)cc(OC)c1O. The summed E-state index contributed by atoms with van der Waals surface area (Å²) in [4.78, 5) is 12.8. The molecule has 0 saturated heterocycles. The van der Waals surface area contributed by atoms with E-state index in [9.17, 15) is 35.4 Å². The van der Waals surface area contributed by atoms with Gasteiger partial charge in [0.1, 0.15) is 22.8 Å². The Morgan fingerprint density at radius 1 is 0.789 bits per heavy atom. The number of aliphatic hydroxyl groups excluding tert-OH is 2. The number of aliphatic hydroxyl groups is 2. The standard InChI is InChI=1S/C26H24O12/c1-34-16-4-11(5-17(35-2)21(16)31)24-19(9-27)38-26-14(30)3-10(6-18(26)37-24)25-23(33)22(32)20-13(29)7-12(28)8-15(20)36-25/h3-8,19,23-25,27-31,33H,9H2,1-2H3/t19-,23-,24-,25+/m0/s1. The molecule has 0 saturated carbocycles. The van der Waals surface area contributed by atoms with Crippen molar-refractivity contribution in [2.45, 2.75) is 24.4 Å². The molecular weight excluding hydrogens is 504 g/mol. The summed E-state index contributed by atoms with van der Waals surface area (Å²) in [6, 6.07) is 7.63. The molecule has 0 spiro atoms. The summed E-state index contributed by atoms with van der Waals surface area (Å²) in [5.41, 5.74) is 0.255. The van der Waals surface area contributed by atoms with E-state index in [4.69, 9.17) is 23.7 Å². The molecule has 6 N–H and O–H groups in total. The van der Waals surface area contributed by atoms with Gasteiger partial charge < -0.3 is 54.3 Å². The van der Waals surface area contributed by atoms with Crippen molar-refractivity contribution < 1.29 is 59.1 Å². The van der Waals surface area contributed by atoms with Gasteiger partial charge in [0.2, 0.25) is 17.3 Å². The maximum absolute atomic E-state index is 12.8. The molecule has 0 amide bonds. The monoisotopic (exact) mass is 528 g/mol. The van der Waals surface area contributed by atoms with Crippen molar-refractivity contribution in [1.29, 1.82) is 0 Å². The molecule has 12 heteroatoms. The Kier molecular flexibility index (Phi) is 6.21. The van der Waals surface area contributed by atoms with Gasteiger partial charge in [-0.3, -0.25) is 4.79 Å². The van der Waals surface area contributed by atoms with Gasteiger partial charge >= 0.3 is 0 Å². The van der Waals surface area contributed by atoms with Crippen LogP contribution in [0.3, 0.4) is 0 Å². The summed E-state index contributed by atoms with van der Waals surface area (Å²) in [5, 5.41) is 61.5. The van der Waals surface area contributed by atoms with E-state index in [1.54, 1.807) is 0 Å². The van der Waals surface area contributed by atoms with E-state index in [0.29, 0.717) is 5.56 Å². The number of carbonyl (C=O) groups excluding carboxylic acids is 1. The van der Waals surface area contributed by atoms with Gasteiger partial charge in [0, 0.05) is 23.3 Å². The van der Waals surface area contributed by atoms with Crippen LogP contribution in [0.15, 0.2) is 36.4 Å². The molecule has 2 aliphatic heterocycles. The second kappa shape index (κ2) is 9.39. The third-order valence-electron chi connectivity index (χ3n) is 6.38. The number of fused-ring (bicyclic) bond motifs is 2.